The summed E-state index contributed by atoms with van der Waals surface area (Å²) in [4.78, 5) is 24.2. The number of nitrogens with one attached hydrogen (secondary N) is 1. The van der Waals surface area contributed by atoms with Crippen LogP contribution in [0.1, 0.15) is 12.5 Å². The number of urea groups is 1. The summed E-state index contributed by atoms with van der Waals surface area (Å²) in [5.41, 5.74) is 1.68. The molecule has 0 unspecified atom stereocenters. The lowest BCUT2D eigenvalue weighted by Gasteiger charge is -2.23. The topological polar surface area (TPSA) is 89.9 Å². The van der Waals surface area contributed by atoms with Gasteiger partial charge in [0.2, 0.25) is 0 Å². The lowest BCUT2D eigenvalue weighted by Crippen LogP contribution is -2.49. The Balaban J connectivity index is 2.85. The average molecular weight is 266 g/mol. The predicted molar refractivity (Wildman–Crippen MR) is 71.2 cm³/mol. The third kappa shape index (κ3) is 3.96. The molecule has 0 aliphatic carbocycles. The van der Waals surface area contributed by atoms with E-state index in [0.29, 0.717) is 12.2 Å². The van der Waals surface area contributed by atoms with Gasteiger partial charge >= 0.3 is 12.0 Å². The van der Waals surface area contributed by atoms with Crippen molar-refractivity contribution >= 4 is 17.7 Å². The maximum Gasteiger partial charge on any atom is 0.328 e. The van der Waals surface area contributed by atoms with Crippen molar-refractivity contribution in [3.8, 4) is 0 Å². The van der Waals surface area contributed by atoms with Gasteiger partial charge in [-0.3, -0.25) is 4.90 Å². The van der Waals surface area contributed by atoms with Crippen molar-refractivity contribution in [1.29, 1.82) is 0 Å². The van der Waals surface area contributed by atoms with Crippen LogP contribution in [0.5, 0.6) is 0 Å². The number of amides is 2. The van der Waals surface area contributed by atoms with Crippen LogP contribution in [0.15, 0.2) is 24.3 Å². The smallest absolute Gasteiger partial charge is 0.328 e. The molecule has 1 atom stereocenters. The number of carboxylic acids is 1. The first-order valence-corrected chi connectivity index (χ1v) is 5.98. The minimum absolute atomic E-state index is 0.396. The Morgan fingerprint density at radius 3 is 2.58 bits per heavy atom. The number of carbonyl (C=O) groups excluding carboxylic acids is 1. The van der Waals surface area contributed by atoms with Crippen molar-refractivity contribution in [2.24, 2.45) is 0 Å². The van der Waals surface area contributed by atoms with E-state index in [-0.39, 0.29) is 0 Å². The van der Waals surface area contributed by atoms with Crippen molar-refractivity contribution in [1.82, 2.24) is 5.32 Å². The summed E-state index contributed by atoms with van der Waals surface area (Å²) in [5, 5.41) is 20.0. The molecule has 6 nitrogen and oxygen atoms in total. The number of nitrogens with zero attached hydrogens (tertiary/aromatic N) is 1. The molecule has 1 aromatic rings. The molecule has 19 heavy (non-hydrogen) atoms. The van der Waals surface area contributed by atoms with E-state index in [1.807, 2.05) is 25.1 Å². The van der Waals surface area contributed by atoms with Gasteiger partial charge < -0.3 is 15.5 Å². The average Bonchev–Trinajstić information content (AvgIpc) is 2.36. The molecule has 0 saturated carbocycles. The zero-order valence-corrected chi connectivity index (χ0v) is 11.0. The summed E-state index contributed by atoms with van der Waals surface area (Å²) in [6.45, 7) is 3.44. The molecule has 0 aromatic heterocycles. The molecule has 0 bridgehead atoms. The molecular weight excluding hydrogens is 248 g/mol. The third-order valence-corrected chi connectivity index (χ3v) is 2.65. The van der Waals surface area contributed by atoms with E-state index in [2.05, 4.69) is 5.32 Å². The van der Waals surface area contributed by atoms with Gasteiger partial charge in [0.1, 0.15) is 0 Å². The van der Waals surface area contributed by atoms with Gasteiger partial charge in [-0.05, 0) is 31.5 Å². The van der Waals surface area contributed by atoms with Crippen molar-refractivity contribution in [3.63, 3.8) is 0 Å². The highest BCUT2D eigenvalue weighted by molar-refractivity contribution is 5.94. The van der Waals surface area contributed by atoms with Crippen LogP contribution in [0.3, 0.4) is 0 Å². The Bertz CT molecular complexity index is 462. The van der Waals surface area contributed by atoms with Crippen LogP contribution < -0.4 is 10.2 Å². The van der Waals surface area contributed by atoms with Gasteiger partial charge in [-0.1, -0.05) is 12.1 Å². The van der Waals surface area contributed by atoms with E-state index in [4.69, 9.17) is 10.2 Å². The second-order valence-corrected chi connectivity index (χ2v) is 4.11. The third-order valence-electron chi connectivity index (χ3n) is 2.65. The number of carboxylic acid groups (broad SMARTS) is 1. The number of aliphatic hydroxyl groups is 1. The van der Waals surface area contributed by atoms with E-state index in [9.17, 15) is 9.59 Å². The zero-order chi connectivity index (χ0) is 14.4. The molecule has 0 aliphatic heterocycles. The fourth-order valence-corrected chi connectivity index (χ4v) is 1.65. The van der Waals surface area contributed by atoms with Crippen molar-refractivity contribution in [2.45, 2.75) is 19.9 Å². The minimum Gasteiger partial charge on any atom is -0.480 e. The minimum atomic E-state index is -1.30. The quantitative estimate of drug-likeness (QED) is 0.741. The summed E-state index contributed by atoms with van der Waals surface area (Å²) in [7, 11) is 0. The van der Waals surface area contributed by atoms with Gasteiger partial charge in [-0.2, -0.15) is 0 Å². The highest BCUT2D eigenvalue weighted by atomic mass is 16.4. The number of anilines is 1. The number of hydrogen-bond donors (Lipinski definition) is 3. The number of hydrogen-bond acceptors (Lipinski definition) is 3. The van der Waals surface area contributed by atoms with Crippen LogP contribution in [-0.4, -0.2) is 41.4 Å². The maximum atomic E-state index is 12.0. The van der Waals surface area contributed by atoms with E-state index in [0.717, 1.165) is 5.56 Å². The predicted octanol–water partition coefficient (Wildman–Crippen LogP) is 0.976. The second-order valence-electron chi connectivity index (χ2n) is 4.11. The maximum absolute atomic E-state index is 12.0. The molecule has 0 radical (unpaired) electrons. The van der Waals surface area contributed by atoms with E-state index < -0.39 is 24.6 Å². The molecule has 0 spiro atoms. The highest BCUT2D eigenvalue weighted by Crippen LogP contribution is 2.15. The normalized spacial score (nSPS) is 11.7. The summed E-state index contributed by atoms with van der Waals surface area (Å²) in [6.07, 6.45) is 0. The fraction of sp³-hybridized carbons (Fsp3) is 0.385. The Kier molecular flexibility index (Phi) is 5.32. The van der Waals surface area contributed by atoms with Crippen LogP contribution in [0.2, 0.25) is 0 Å². The molecule has 104 valence electrons. The van der Waals surface area contributed by atoms with Crippen LogP contribution >= 0.6 is 0 Å². The van der Waals surface area contributed by atoms with Gasteiger partial charge in [-0.15, -0.1) is 0 Å². The molecule has 6 heteroatoms. The Hall–Kier alpha value is -2.08. The van der Waals surface area contributed by atoms with E-state index in [1.54, 1.807) is 13.0 Å². The molecule has 0 aliphatic rings. The molecule has 1 rings (SSSR count). The van der Waals surface area contributed by atoms with Gasteiger partial charge in [0.25, 0.3) is 0 Å². The molecule has 0 heterocycles. The first-order valence-electron chi connectivity index (χ1n) is 5.98. The lowest BCUT2D eigenvalue weighted by molar-refractivity contribution is -0.140. The largest absolute Gasteiger partial charge is 0.480 e. The van der Waals surface area contributed by atoms with Gasteiger partial charge in [0, 0.05) is 12.2 Å². The number of aliphatic hydroxyl groups excluding tert-OH is 1. The van der Waals surface area contributed by atoms with Crippen LogP contribution in [0, 0.1) is 6.92 Å². The van der Waals surface area contributed by atoms with Crippen molar-refractivity contribution in [2.75, 3.05) is 18.1 Å². The van der Waals surface area contributed by atoms with Crippen molar-refractivity contribution in [3.05, 3.63) is 29.8 Å². The van der Waals surface area contributed by atoms with E-state index in [1.165, 1.54) is 4.90 Å². The van der Waals surface area contributed by atoms with Crippen LogP contribution in [-0.2, 0) is 4.79 Å². The van der Waals surface area contributed by atoms with Crippen molar-refractivity contribution < 1.29 is 19.8 Å². The molecule has 3 N–H and O–H groups in total. The monoisotopic (exact) mass is 266 g/mol. The molecule has 0 saturated heterocycles. The van der Waals surface area contributed by atoms with Gasteiger partial charge in [-0.25, -0.2) is 9.59 Å². The first-order chi connectivity index (χ1) is 8.99. The Morgan fingerprint density at radius 2 is 2.11 bits per heavy atom. The molecule has 2 amide bonds. The highest BCUT2D eigenvalue weighted by Gasteiger charge is 2.22. The fourth-order valence-electron chi connectivity index (χ4n) is 1.65. The Morgan fingerprint density at radius 1 is 1.42 bits per heavy atom. The number of rotatable bonds is 5. The number of aryl methyl sites for hydroxylation is 1. The molecular formula is C13H18N2O4. The standard InChI is InChI=1S/C13H18N2O4/c1-3-15(10-6-4-5-9(2)7-10)13(19)14-11(8-16)12(17)18/h4-7,11,16H,3,8H2,1-2H3,(H,14,19)(H,17,18)/t11-/m0/s1. The van der Waals surface area contributed by atoms with Crippen LogP contribution in [0.4, 0.5) is 10.5 Å². The number of carbonyl (C=O) groups is 2. The summed E-state index contributed by atoms with van der Waals surface area (Å²) < 4.78 is 0. The zero-order valence-electron chi connectivity index (χ0n) is 11.0. The summed E-state index contributed by atoms with van der Waals surface area (Å²) in [5.74, 6) is -1.27. The first kappa shape index (κ1) is 15.0. The number of benzene rings is 1. The number of aliphatic carboxylic acids is 1. The SMILES string of the molecule is CCN(C(=O)N[C@@H](CO)C(=O)O)c1cccc(C)c1. The second kappa shape index (κ2) is 6.75. The van der Waals surface area contributed by atoms with Gasteiger partial charge in [0.15, 0.2) is 6.04 Å². The lowest BCUT2D eigenvalue weighted by atomic mass is 10.2. The Labute approximate surface area is 111 Å². The summed E-state index contributed by atoms with van der Waals surface area (Å²) >= 11 is 0. The molecule has 0 fully saturated rings. The van der Waals surface area contributed by atoms with E-state index >= 15 is 0 Å². The van der Waals surface area contributed by atoms with Crippen LogP contribution in [0.25, 0.3) is 0 Å². The molecule has 1 aromatic carbocycles. The summed E-state index contributed by atoms with van der Waals surface area (Å²) in [6, 6.07) is 5.48. The van der Waals surface area contributed by atoms with Gasteiger partial charge in [0.05, 0.1) is 6.61 Å².